The number of carbonyl (C=O) groups is 1. The van der Waals surface area contributed by atoms with E-state index in [1.807, 2.05) is 19.1 Å². The Morgan fingerprint density at radius 1 is 1.26 bits per heavy atom. The number of nitrogens with one attached hydrogen (secondary N) is 1. The third-order valence-corrected chi connectivity index (χ3v) is 3.00. The second-order valence-electron chi connectivity index (χ2n) is 4.38. The third kappa shape index (κ3) is 3.73. The SMILES string of the molecule is Cc1ccc(Cl)c(NC(=O)Cc2cccc(O)c2)c1. The van der Waals surface area contributed by atoms with Crippen molar-refractivity contribution in [2.45, 2.75) is 13.3 Å². The van der Waals surface area contributed by atoms with E-state index in [0.29, 0.717) is 10.7 Å². The van der Waals surface area contributed by atoms with Crippen LogP contribution in [0.15, 0.2) is 42.5 Å². The van der Waals surface area contributed by atoms with Gasteiger partial charge in [-0.3, -0.25) is 4.79 Å². The molecule has 0 heterocycles. The Kier molecular flexibility index (Phi) is 4.07. The van der Waals surface area contributed by atoms with Crippen LogP contribution in [0.5, 0.6) is 5.75 Å². The van der Waals surface area contributed by atoms with Crippen LogP contribution in [0.3, 0.4) is 0 Å². The van der Waals surface area contributed by atoms with Crippen molar-refractivity contribution >= 4 is 23.2 Å². The van der Waals surface area contributed by atoms with E-state index in [1.165, 1.54) is 0 Å². The lowest BCUT2D eigenvalue weighted by atomic mass is 10.1. The second-order valence-corrected chi connectivity index (χ2v) is 4.79. The number of halogens is 1. The van der Waals surface area contributed by atoms with E-state index in [9.17, 15) is 9.90 Å². The fraction of sp³-hybridized carbons (Fsp3) is 0.133. The first-order valence-corrected chi connectivity index (χ1v) is 6.26. The summed E-state index contributed by atoms with van der Waals surface area (Å²) in [5.74, 6) is -0.0167. The van der Waals surface area contributed by atoms with Gasteiger partial charge in [0.25, 0.3) is 0 Å². The minimum atomic E-state index is -0.168. The van der Waals surface area contributed by atoms with Crippen LogP contribution in [-0.4, -0.2) is 11.0 Å². The normalized spacial score (nSPS) is 10.2. The van der Waals surface area contributed by atoms with Crippen LogP contribution in [0.1, 0.15) is 11.1 Å². The Labute approximate surface area is 116 Å². The summed E-state index contributed by atoms with van der Waals surface area (Å²) in [6, 6.07) is 12.1. The Morgan fingerprint density at radius 2 is 2.05 bits per heavy atom. The van der Waals surface area contributed by atoms with Crippen LogP contribution in [0.25, 0.3) is 0 Å². The van der Waals surface area contributed by atoms with Gasteiger partial charge >= 0.3 is 0 Å². The number of aryl methyl sites for hydroxylation is 1. The number of aromatic hydroxyl groups is 1. The molecular formula is C15H14ClNO2. The van der Waals surface area contributed by atoms with Crippen LogP contribution < -0.4 is 5.32 Å². The molecule has 0 aromatic heterocycles. The molecule has 0 fully saturated rings. The molecule has 0 saturated heterocycles. The Morgan fingerprint density at radius 3 is 2.79 bits per heavy atom. The highest BCUT2D eigenvalue weighted by Crippen LogP contribution is 2.23. The van der Waals surface area contributed by atoms with E-state index in [2.05, 4.69) is 5.32 Å². The van der Waals surface area contributed by atoms with Gasteiger partial charge in [0.15, 0.2) is 0 Å². The minimum absolute atomic E-state index is 0.152. The summed E-state index contributed by atoms with van der Waals surface area (Å²) in [7, 11) is 0. The van der Waals surface area contributed by atoms with E-state index in [-0.39, 0.29) is 18.1 Å². The van der Waals surface area contributed by atoms with Gasteiger partial charge in [-0.25, -0.2) is 0 Å². The molecule has 3 nitrogen and oxygen atoms in total. The van der Waals surface area contributed by atoms with Crippen LogP contribution in [0, 0.1) is 6.92 Å². The Hall–Kier alpha value is -2.00. The molecule has 2 N–H and O–H groups in total. The highest BCUT2D eigenvalue weighted by molar-refractivity contribution is 6.33. The van der Waals surface area contributed by atoms with Crippen molar-refractivity contribution in [3.63, 3.8) is 0 Å². The van der Waals surface area contributed by atoms with Crippen molar-refractivity contribution in [1.29, 1.82) is 0 Å². The maximum absolute atomic E-state index is 11.9. The van der Waals surface area contributed by atoms with E-state index in [1.54, 1.807) is 30.3 Å². The monoisotopic (exact) mass is 275 g/mol. The molecule has 19 heavy (non-hydrogen) atoms. The predicted molar refractivity (Wildman–Crippen MR) is 76.6 cm³/mol. The second kappa shape index (κ2) is 5.76. The van der Waals surface area contributed by atoms with Gasteiger partial charge in [0.05, 0.1) is 17.1 Å². The lowest BCUT2D eigenvalue weighted by Gasteiger charge is -2.08. The number of hydrogen-bond acceptors (Lipinski definition) is 2. The molecule has 2 rings (SSSR count). The predicted octanol–water partition coefficient (Wildman–Crippen LogP) is 3.54. The number of benzene rings is 2. The maximum Gasteiger partial charge on any atom is 0.228 e. The molecule has 2 aromatic rings. The quantitative estimate of drug-likeness (QED) is 0.900. The number of carbonyl (C=O) groups excluding carboxylic acids is 1. The molecule has 1 amide bonds. The average molecular weight is 276 g/mol. The zero-order valence-corrected chi connectivity index (χ0v) is 11.2. The zero-order valence-electron chi connectivity index (χ0n) is 10.5. The first-order valence-electron chi connectivity index (χ1n) is 5.88. The van der Waals surface area contributed by atoms with Gasteiger partial charge in [-0.1, -0.05) is 29.8 Å². The molecule has 0 aliphatic rings. The van der Waals surface area contributed by atoms with Crippen LogP contribution in [0.4, 0.5) is 5.69 Å². The van der Waals surface area contributed by atoms with Gasteiger partial charge in [0.2, 0.25) is 5.91 Å². The van der Waals surface area contributed by atoms with Crippen molar-refractivity contribution in [1.82, 2.24) is 0 Å². The summed E-state index contributed by atoms with van der Waals surface area (Å²) in [5, 5.41) is 12.6. The Balaban J connectivity index is 2.07. The van der Waals surface area contributed by atoms with Gasteiger partial charge < -0.3 is 10.4 Å². The van der Waals surface area contributed by atoms with Gasteiger partial charge in [0.1, 0.15) is 5.75 Å². The van der Waals surface area contributed by atoms with E-state index in [0.717, 1.165) is 11.1 Å². The van der Waals surface area contributed by atoms with E-state index < -0.39 is 0 Å². The van der Waals surface area contributed by atoms with Crippen LogP contribution in [0.2, 0.25) is 5.02 Å². The highest BCUT2D eigenvalue weighted by atomic mass is 35.5. The zero-order chi connectivity index (χ0) is 13.8. The van der Waals surface area contributed by atoms with Crippen LogP contribution in [-0.2, 0) is 11.2 Å². The molecule has 0 unspecified atom stereocenters. The molecule has 0 aliphatic heterocycles. The van der Waals surface area contributed by atoms with E-state index in [4.69, 9.17) is 11.6 Å². The van der Waals surface area contributed by atoms with Crippen molar-refractivity contribution in [2.24, 2.45) is 0 Å². The number of anilines is 1. The summed E-state index contributed by atoms with van der Waals surface area (Å²) in [5.41, 5.74) is 2.38. The third-order valence-electron chi connectivity index (χ3n) is 2.67. The molecular weight excluding hydrogens is 262 g/mol. The van der Waals surface area contributed by atoms with Crippen molar-refractivity contribution in [3.8, 4) is 5.75 Å². The van der Waals surface area contributed by atoms with Gasteiger partial charge in [0, 0.05) is 0 Å². The summed E-state index contributed by atoms with van der Waals surface area (Å²) >= 11 is 6.01. The first-order chi connectivity index (χ1) is 9.04. The highest BCUT2D eigenvalue weighted by Gasteiger charge is 2.07. The minimum Gasteiger partial charge on any atom is -0.508 e. The number of phenolic OH excluding ortho intramolecular Hbond substituents is 1. The summed E-state index contributed by atoms with van der Waals surface area (Å²) in [6.07, 6.45) is 0.193. The topological polar surface area (TPSA) is 49.3 Å². The molecule has 0 bridgehead atoms. The molecule has 4 heteroatoms. The molecule has 98 valence electrons. The lowest BCUT2D eigenvalue weighted by molar-refractivity contribution is -0.115. The molecule has 0 atom stereocenters. The van der Waals surface area contributed by atoms with Crippen molar-refractivity contribution < 1.29 is 9.90 Å². The number of phenols is 1. The Bertz CT molecular complexity index is 611. The molecule has 0 spiro atoms. The summed E-state index contributed by atoms with van der Waals surface area (Å²) in [6.45, 7) is 1.93. The largest absolute Gasteiger partial charge is 0.508 e. The number of hydrogen-bond donors (Lipinski definition) is 2. The van der Waals surface area contributed by atoms with E-state index >= 15 is 0 Å². The first kappa shape index (κ1) is 13.4. The van der Waals surface area contributed by atoms with Gasteiger partial charge in [-0.15, -0.1) is 0 Å². The van der Waals surface area contributed by atoms with Crippen molar-refractivity contribution in [2.75, 3.05) is 5.32 Å². The summed E-state index contributed by atoms with van der Waals surface area (Å²) in [4.78, 5) is 11.9. The van der Waals surface area contributed by atoms with Gasteiger partial charge in [-0.05, 0) is 42.3 Å². The van der Waals surface area contributed by atoms with Crippen LogP contribution >= 0.6 is 11.6 Å². The smallest absolute Gasteiger partial charge is 0.228 e. The fourth-order valence-corrected chi connectivity index (χ4v) is 1.95. The van der Waals surface area contributed by atoms with Crippen molar-refractivity contribution in [3.05, 3.63) is 58.6 Å². The standard InChI is InChI=1S/C15H14ClNO2/c1-10-5-6-13(16)14(7-10)17-15(19)9-11-3-2-4-12(18)8-11/h2-8,18H,9H2,1H3,(H,17,19). The molecule has 0 saturated carbocycles. The van der Waals surface area contributed by atoms with Gasteiger partial charge in [-0.2, -0.15) is 0 Å². The fourth-order valence-electron chi connectivity index (χ4n) is 1.78. The molecule has 0 aliphatic carbocycles. The summed E-state index contributed by atoms with van der Waals surface area (Å²) < 4.78 is 0. The number of rotatable bonds is 3. The maximum atomic E-state index is 11.9. The number of amides is 1. The molecule has 2 aromatic carbocycles. The average Bonchev–Trinajstić information content (AvgIpc) is 2.34. The lowest BCUT2D eigenvalue weighted by Crippen LogP contribution is -2.14. The molecule has 0 radical (unpaired) electrons.